The second-order valence-corrected chi connectivity index (χ2v) is 6.34. The Kier molecular flexibility index (Phi) is 6.76. The Morgan fingerprint density at radius 2 is 2.10 bits per heavy atom. The van der Waals surface area contributed by atoms with Gasteiger partial charge >= 0.3 is 0 Å². The van der Waals surface area contributed by atoms with Crippen molar-refractivity contribution in [1.29, 1.82) is 0 Å². The fourth-order valence-electron chi connectivity index (χ4n) is 2.65. The van der Waals surface area contributed by atoms with Crippen LogP contribution in [0.25, 0.3) is 0 Å². The van der Waals surface area contributed by atoms with Crippen LogP contribution in [0.3, 0.4) is 0 Å². The average molecular weight is 296 g/mol. The summed E-state index contributed by atoms with van der Waals surface area (Å²) in [5, 5.41) is 3.41. The predicted molar refractivity (Wildman–Crippen MR) is 87.7 cm³/mol. The van der Waals surface area contributed by atoms with Crippen molar-refractivity contribution in [1.82, 2.24) is 9.88 Å². The smallest absolute Gasteiger partial charge is 0.185 e. The molecule has 2 rings (SSSR count). The van der Waals surface area contributed by atoms with E-state index >= 15 is 0 Å². The van der Waals surface area contributed by atoms with E-state index in [9.17, 15) is 0 Å². The highest BCUT2D eigenvalue weighted by molar-refractivity contribution is 7.13. The Balaban J connectivity index is 1.76. The first-order chi connectivity index (χ1) is 9.83. The Morgan fingerprint density at radius 3 is 2.85 bits per heavy atom. The minimum absolute atomic E-state index is 0.831. The zero-order valence-corrected chi connectivity index (χ0v) is 13.5. The third-order valence-electron chi connectivity index (χ3n) is 3.94. The molecule has 0 amide bonds. The molecule has 0 bridgehead atoms. The summed E-state index contributed by atoms with van der Waals surface area (Å²) in [4.78, 5) is 9.78. The van der Waals surface area contributed by atoms with E-state index in [4.69, 9.17) is 10.7 Å². The molecule has 0 aliphatic carbocycles. The van der Waals surface area contributed by atoms with Crippen molar-refractivity contribution < 1.29 is 0 Å². The third kappa shape index (κ3) is 4.72. The molecule has 2 N–H and O–H groups in total. The van der Waals surface area contributed by atoms with Crippen molar-refractivity contribution in [2.24, 2.45) is 5.73 Å². The Bertz CT molecular complexity index is 380. The van der Waals surface area contributed by atoms with E-state index in [2.05, 4.69) is 22.1 Å². The molecule has 1 aliphatic rings. The van der Waals surface area contributed by atoms with Crippen LogP contribution in [0.4, 0.5) is 5.13 Å². The number of nitrogens with zero attached hydrogens (tertiary/aromatic N) is 3. The van der Waals surface area contributed by atoms with Crippen molar-refractivity contribution in [3.05, 3.63) is 11.1 Å². The second kappa shape index (κ2) is 8.60. The SMILES string of the molecule is CCc1csc(N2CCCN(CCCCCN)CC2)n1. The van der Waals surface area contributed by atoms with E-state index in [-0.39, 0.29) is 0 Å². The van der Waals surface area contributed by atoms with Crippen LogP contribution in [0.2, 0.25) is 0 Å². The maximum Gasteiger partial charge on any atom is 0.185 e. The number of nitrogens with two attached hydrogens (primary N) is 1. The number of aromatic nitrogens is 1. The lowest BCUT2D eigenvalue weighted by atomic mass is 10.2. The third-order valence-corrected chi connectivity index (χ3v) is 4.89. The summed E-state index contributed by atoms with van der Waals surface area (Å²) in [6.45, 7) is 8.90. The number of anilines is 1. The topological polar surface area (TPSA) is 45.4 Å². The number of thiazole rings is 1. The molecular formula is C15H28N4S. The highest BCUT2D eigenvalue weighted by Gasteiger charge is 2.16. The van der Waals surface area contributed by atoms with Crippen molar-refractivity contribution >= 4 is 16.5 Å². The first-order valence-electron chi connectivity index (χ1n) is 7.95. The lowest BCUT2D eigenvalue weighted by molar-refractivity contribution is 0.286. The van der Waals surface area contributed by atoms with Crippen molar-refractivity contribution in [3.8, 4) is 0 Å². The molecule has 4 nitrogen and oxygen atoms in total. The second-order valence-electron chi connectivity index (χ2n) is 5.51. The van der Waals surface area contributed by atoms with Gasteiger partial charge in [-0.3, -0.25) is 0 Å². The van der Waals surface area contributed by atoms with Gasteiger partial charge in [0.25, 0.3) is 0 Å². The van der Waals surface area contributed by atoms with E-state index in [1.807, 2.05) is 0 Å². The summed E-state index contributed by atoms with van der Waals surface area (Å²) in [5.41, 5.74) is 6.77. The maximum absolute atomic E-state index is 5.54. The van der Waals surface area contributed by atoms with Gasteiger partial charge in [-0.15, -0.1) is 11.3 Å². The fraction of sp³-hybridized carbons (Fsp3) is 0.800. The first kappa shape index (κ1) is 15.7. The molecule has 0 unspecified atom stereocenters. The van der Waals surface area contributed by atoms with E-state index in [0.717, 1.165) is 26.1 Å². The van der Waals surface area contributed by atoms with Crippen LogP contribution in [0.15, 0.2) is 5.38 Å². The van der Waals surface area contributed by atoms with Crippen molar-refractivity contribution in [2.45, 2.75) is 39.0 Å². The molecule has 5 heteroatoms. The Hall–Kier alpha value is -0.650. The van der Waals surface area contributed by atoms with Crippen molar-refractivity contribution in [2.75, 3.05) is 44.2 Å². The zero-order chi connectivity index (χ0) is 14.2. The van der Waals surface area contributed by atoms with E-state index in [1.54, 1.807) is 11.3 Å². The fourth-order valence-corrected chi connectivity index (χ4v) is 3.61. The van der Waals surface area contributed by atoms with Gasteiger partial charge in [0.15, 0.2) is 5.13 Å². The molecule has 2 heterocycles. The Morgan fingerprint density at radius 1 is 1.20 bits per heavy atom. The van der Waals surface area contributed by atoms with Gasteiger partial charge in [0.2, 0.25) is 0 Å². The minimum Gasteiger partial charge on any atom is -0.347 e. The summed E-state index contributed by atoms with van der Waals surface area (Å²) in [5.74, 6) is 0. The molecule has 1 saturated heterocycles. The normalized spacial score (nSPS) is 17.4. The average Bonchev–Trinajstić information content (AvgIpc) is 2.83. The first-order valence-corrected chi connectivity index (χ1v) is 8.83. The summed E-state index contributed by atoms with van der Waals surface area (Å²) in [7, 11) is 0. The molecule has 0 atom stereocenters. The van der Waals surface area contributed by atoms with Gasteiger partial charge in [-0.05, 0) is 45.3 Å². The van der Waals surface area contributed by atoms with Gasteiger partial charge < -0.3 is 15.5 Å². The van der Waals surface area contributed by atoms with Gasteiger partial charge in [-0.25, -0.2) is 4.98 Å². The lowest BCUT2D eigenvalue weighted by Gasteiger charge is -2.21. The van der Waals surface area contributed by atoms with Gasteiger partial charge in [-0.2, -0.15) is 0 Å². The highest BCUT2D eigenvalue weighted by Crippen LogP contribution is 2.22. The molecule has 1 aromatic rings. The molecule has 0 aromatic carbocycles. The molecule has 0 radical (unpaired) electrons. The number of aryl methyl sites for hydroxylation is 1. The lowest BCUT2D eigenvalue weighted by Crippen LogP contribution is -2.31. The molecule has 0 spiro atoms. The van der Waals surface area contributed by atoms with E-state index in [1.165, 1.54) is 56.1 Å². The number of unbranched alkanes of at least 4 members (excludes halogenated alkanes) is 2. The minimum atomic E-state index is 0.831. The monoisotopic (exact) mass is 296 g/mol. The van der Waals surface area contributed by atoms with Gasteiger partial charge in [0.05, 0.1) is 5.69 Å². The molecule has 114 valence electrons. The van der Waals surface area contributed by atoms with Crippen LogP contribution in [0, 0.1) is 0 Å². The van der Waals surface area contributed by atoms with Crippen LogP contribution < -0.4 is 10.6 Å². The molecule has 1 aliphatic heterocycles. The largest absolute Gasteiger partial charge is 0.347 e. The summed E-state index contributed by atoms with van der Waals surface area (Å²) < 4.78 is 0. The maximum atomic E-state index is 5.54. The molecule has 1 aromatic heterocycles. The van der Waals surface area contributed by atoms with Gasteiger partial charge in [0, 0.05) is 25.0 Å². The predicted octanol–water partition coefficient (Wildman–Crippen LogP) is 2.35. The van der Waals surface area contributed by atoms with E-state index in [0.29, 0.717) is 0 Å². The molecule has 20 heavy (non-hydrogen) atoms. The zero-order valence-electron chi connectivity index (χ0n) is 12.7. The van der Waals surface area contributed by atoms with Crippen LogP contribution in [-0.4, -0.2) is 49.2 Å². The highest BCUT2D eigenvalue weighted by atomic mass is 32.1. The van der Waals surface area contributed by atoms with Gasteiger partial charge in [0.1, 0.15) is 0 Å². The standard InChI is InChI=1S/C15H28N4S/c1-2-14-13-20-15(17-14)19-10-6-9-18(11-12-19)8-5-3-4-7-16/h13H,2-12,16H2,1H3. The quantitative estimate of drug-likeness (QED) is 0.785. The van der Waals surface area contributed by atoms with Crippen LogP contribution in [0.5, 0.6) is 0 Å². The number of hydrogen-bond acceptors (Lipinski definition) is 5. The molecule has 0 saturated carbocycles. The number of rotatable bonds is 7. The molecular weight excluding hydrogens is 268 g/mol. The van der Waals surface area contributed by atoms with Crippen LogP contribution in [-0.2, 0) is 6.42 Å². The summed E-state index contributed by atoms with van der Waals surface area (Å²) in [6.07, 6.45) is 6.01. The van der Waals surface area contributed by atoms with E-state index < -0.39 is 0 Å². The van der Waals surface area contributed by atoms with Crippen LogP contribution >= 0.6 is 11.3 Å². The number of hydrogen-bond donors (Lipinski definition) is 1. The summed E-state index contributed by atoms with van der Waals surface area (Å²) in [6, 6.07) is 0. The summed E-state index contributed by atoms with van der Waals surface area (Å²) >= 11 is 1.80. The van der Waals surface area contributed by atoms with Crippen LogP contribution in [0.1, 0.15) is 38.3 Å². The van der Waals surface area contributed by atoms with Gasteiger partial charge in [-0.1, -0.05) is 13.3 Å². The molecule has 1 fully saturated rings. The van der Waals surface area contributed by atoms with Crippen molar-refractivity contribution in [3.63, 3.8) is 0 Å². The Labute approximate surface area is 127 Å².